The van der Waals surface area contributed by atoms with E-state index in [1.807, 2.05) is 0 Å². The van der Waals surface area contributed by atoms with Crippen LogP contribution in [0.1, 0.15) is 55.9 Å². The van der Waals surface area contributed by atoms with Crippen molar-refractivity contribution in [2.24, 2.45) is 0 Å². The lowest BCUT2D eigenvalue weighted by molar-refractivity contribution is 0.170. The van der Waals surface area contributed by atoms with Crippen LogP contribution in [0.15, 0.2) is 18.2 Å². The van der Waals surface area contributed by atoms with Gasteiger partial charge in [0.25, 0.3) is 0 Å². The number of aliphatic hydroxyl groups excluding tert-OH is 1. The molecule has 2 atom stereocenters. The first-order chi connectivity index (χ1) is 8.70. The van der Waals surface area contributed by atoms with Crippen LogP contribution in [0.4, 0.5) is 0 Å². The maximum Gasteiger partial charge on any atom is 0.0914 e. The summed E-state index contributed by atoms with van der Waals surface area (Å²) in [7, 11) is 0. The molecule has 0 aliphatic heterocycles. The van der Waals surface area contributed by atoms with Crippen molar-refractivity contribution in [3.63, 3.8) is 0 Å². The maximum absolute atomic E-state index is 10.2. The van der Waals surface area contributed by atoms with E-state index in [0.29, 0.717) is 12.6 Å². The number of aliphatic hydroxyl groups is 1. The second kappa shape index (κ2) is 7.88. The van der Waals surface area contributed by atoms with E-state index in [1.54, 1.807) is 0 Å². The Labute approximate surface area is 123 Å². The van der Waals surface area contributed by atoms with Gasteiger partial charge in [-0.1, -0.05) is 25.1 Å². The fraction of sp³-hybridized carbons (Fsp3) is 0.625. The van der Waals surface area contributed by atoms with E-state index in [4.69, 9.17) is 0 Å². The van der Waals surface area contributed by atoms with Crippen molar-refractivity contribution < 1.29 is 5.11 Å². The van der Waals surface area contributed by atoms with Gasteiger partial charge in [0.2, 0.25) is 0 Å². The van der Waals surface area contributed by atoms with Crippen LogP contribution in [-0.2, 0) is 12.8 Å². The normalized spacial score (nSPS) is 17.2. The molecule has 0 fully saturated rings. The molecule has 2 rings (SSSR count). The zero-order valence-corrected chi connectivity index (χ0v) is 12.8. The van der Waals surface area contributed by atoms with E-state index in [2.05, 4.69) is 37.4 Å². The molecule has 0 spiro atoms. The molecule has 0 bridgehead atoms. The summed E-state index contributed by atoms with van der Waals surface area (Å²) in [5.74, 6) is 0. The van der Waals surface area contributed by atoms with Crippen molar-refractivity contribution in [1.82, 2.24) is 5.32 Å². The molecule has 3 heteroatoms. The summed E-state index contributed by atoms with van der Waals surface area (Å²) >= 11 is 0. The Bertz CT molecular complexity index is 394. The zero-order valence-electron chi connectivity index (χ0n) is 12.0. The Kier molecular flexibility index (Phi) is 6.84. The van der Waals surface area contributed by atoms with Crippen LogP contribution in [0.5, 0.6) is 0 Å². The molecule has 108 valence electrons. The molecule has 1 unspecified atom stereocenters. The number of hydrogen-bond donors (Lipinski definition) is 2. The number of nitrogens with one attached hydrogen (secondary N) is 1. The second-order valence-electron chi connectivity index (χ2n) is 5.47. The zero-order chi connectivity index (χ0) is 13.0. The van der Waals surface area contributed by atoms with Crippen LogP contribution >= 0.6 is 12.4 Å². The maximum atomic E-state index is 10.2. The third-order valence-electron chi connectivity index (χ3n) is 4.03. The van der Waals surface area contributed by atoms with Gasteiger partial charge in [-0.3, -0.25) is 0 Å². The molecule has 0 amide bonds. The van der Waals surface area contributed by atoms with Crippen LogP contribution in [0.25, 0.3) is 0 Å². The lowest BCUT2D eigenvalue weighted by atomic mass is 9.89. The third kappa shape index (κ3) is 4.48. The van der Waals surface area contributed by atoms with Crippen LogP contribution in [0.2, 0.25) is 0 Å². The minimum Gasteiger partial charge on any atom is -0.387 e. The Morgan fingerprint density at radius 1 is 1.21 bits per heavy atom. The van der Waals surface area contributed by atoms with Gasteiger partial charge < -0.3 is 10.4 Å². The van der Waals surface area contributed by atoms with Crippen molar-refractivity contribution in [3.05, 3.63) is 34.9 Å². The molecule has 1 aromatic rings. The lowest BCUT2D eigenvalue weighted by Gasteiger charge is -2.20. The van der Waals surface area contributed by atoms with Crippen molar-refractivity contribution in [2.75, 3.05) is 6.54 Å². The molecule has 1 aromatic carbocycles. The molecule has 0 heterocycles. The minimum atomic E-state index is -0.383. The van der Waals surface area contributed by atoms with E-state index < -0.39 is 0 Å². The molecule has 0 aromatic heterocycles. The highest BCUT2D eigenvalue weighted by atomic mass is 35.5. The predicted octanol–water partition coefficient (Wildman–Crippen LogP) is 3.41. The molecule has 0 radical (unpaired) electrons. The second-order valence-corrected chi connectivity index (χ2v) is 5.47. The molecule has 2 N–H and O–H groups in total. The summed E-state index contributed by atoms with van der Waals surface area (Å²) in [4.78, 5) is 0. The summed E-state index contributed by atoms with van der Waals surface area (Å²) in [6, 6.07) is 6.97. The Morgan fingerprint density at radius 2 is 1.89 bits per heavy atom. The van der Waals surface area contributed by atoms with Crippen LogP contribution in [-0.4, -0.2) is 17.7 Å². The fourth-order valence-corrected chi connectivity index (χ4v) is 2.54. The monoisotopic (exact) mass is 283 g/mol. The van der Waals surface area contributed by atoms with Gasteiger partial charge in [0.1, 0.15) is 0 Å². The van der Waals surface area contributed by atoms with E-state index in [1.165, 1.54) is 36.8 Å². The highest BCUT2D eigenvalue weighted by Crippen LogP contribution is 2.24. The predicted molar refractivity (Wildman–Crippen MR) is 83.0 cm³/mol. The molecule has 0 saturated heterocycles. The summed E-state index contributed by atoms with van der Waals surface area (Å²) in [6.07, 6.45) is 5.69. The molecule has 2 nitrogen and oxygen atoms in total. The Morgan fingerprint density at radius 3 is 2.58 bits per heavy atom. The number of aryl methyl sites for hydroxylation is 2. The summed E-state index contributed by atoms with van der Waals surface area (Å²) in [6.45, 7) is 4.95. The van der Waals surface area contributed by atoms with Crippen molar-refractivity contribution >= 4 is 12.4 Å². The van der Waals surface area contributed by atoms with Crippen LogP contribution in [0.3, 0.4) is 0 Å². The first-order valence-electron chi connectivity index (χ1n) is 7.24. The van der Waals surface area contributed by atoms with Gasteiger partial charge >= 0.3 is 0 Å². The van der Waals surface area contributed by atoms with E-state index in [-0.39, 0.29) is 18.5 Å². The molecule has 1 aliphatic carbocycles. The molecule has 0 saturated carbocycles. The average Bonchev–Trinajstić information content (AvgIpc) is 2.43. The van der Waals surface area contributed by atoms with Crippen LogP contribution in [0, 0.1) is 0 Å². The largest absolute Gasteiger partial charge is 0.387 e. The van der Waals surface area contributed by atoms with Gasteiger partial charge in [0.05, 0.1) is 6.10 Å². The minimum absolute atomic E-state index is 0. The molecular weight excluding hydrogens is 258 g/mol. The number of hydrogen-bond acceptors (Lipinski definition) is 2. The molecule has 1 aliphatic rings. The summed E-state index contributed by atoms with van der Waals surface area (Å²) in [5, 5.41) is 13.6. The van der Waals surface area contributed by atoms with Gasteiger partial charge in [-0.15, -0.1) is 12.4 Å². The van der Waals surface area contributed by atoms with Gasteiger partial charge in [0, 0.05) is 12.6 Å². The summed E-state index contributed by atoms with van der Waals surface area (Å²) in [5.41, 5.74) is 3.99. The highest BCUT2D eigenvalue weighted by molar-refractivity contribution is 5.85. The van der Waals surface area contributed by atoms with Crippen LogP contribution < -0.4 is 5.32 Å². The smallest absolute Gasteiger partial charge is 0.0914 e. The Balaban J connectivity index is 0.00000180. The highest BCUT2D eigenvalue weighted by Gasteiger charge is 2.13. The quantitative estimate of drug-likeness (QED) is 0.868. The topological polar surface area (TPSA) is 32.3 Å². The number of fused-ring (bicyclic) bond motifs is 1. The first kappa shape index (κ1) is 16.5. The first-order valence-corrected chi connectivity index (χ1v) is 7.24. The standard InChI is InChI=1S/C16H25NO.ClH/c1-3-12(2)17-11-16(18)15-9-8-13-6-4-5-7-14(13)10-15;/h8-10,12,16-18H,3-7,11H2,1-2H3;1H/t12?,16-;/m0./s1. The van der Waals surface area contributed by atoms with Crippen molar-refractivity contribution in [3.8, 4) is 0 Å². The van der Waals surface area contributed by atoms with Crippen molar-refractivity contribution in [1.29, 1.82) is 0 Å². The fourth-order valence-electron chi connectivity index (χ4n) is 2.54. The number of halogens is 1. The molecular formula is C16H26ClNO. The number of rotatable bonds is 5. The van der Waals surface area contributed by atoms with Gasteiger partial charge in [-0.2, -0.15) is 0 Å². The third-order valence-corrected chi connectivity index (χ3v) is 4.03. The lowest BCUT2D eigenvalue weighted by Crippen LogP contribution is -2.29. The van der Waals surface area contributed by atoms with E-state index >= 15 is 0 Å². The van der Waals surface area contributed by atoms with Gasteiger partial charge in [-0.25, -0.2) is 0 Å². The van der Waals surface area contributed by atoms with Gasteiger partial charge in [0.15, 0.2) is 0 Å². The summed E-state index contributed by atoms with van der Waals surface area (Å²) < 4.78 is 0. The SMILES string of the molecule is CCC(C)NC[C@H](O)c1ccc2c(c1)CCCC2.Cl. The average molecular weight is 284 g/mol. The van der Waals surface area contributed by atoms with Crippen molar-refractivity contribution in [2.45, 2.75) is 58.1 Å². The molecule has 19 heavy (non-hydrogen) atoms. The van der Waals surface area contributed by atoms with E-state index in [0.717, 1.165) is 12.0 Å². The number of benzene rings is 1. The van der Waals surface area contributed by atoms with Gasteiger partial charge in [-0.05, 0) is 55.7 Å². The van der Waals surface area contributed by atoms with E-state index in [9.17, 15) is 5.11 Å². The Hall–Kier alpha value is -0.570.